The van der Waals surface area contributed by atoms with Crippen LogP contribution in [-0.2, 0) is 4.79 Å². The lowest BCUT2D eigenvalue weighted by Gasteiger charge is -2.13. The van der Waals surface area contributed by atoms with E-state index in [1.807, 2.05) is 30.3 Å². The predicted molar refractivity (Wildman–Crippen MR) is 104 cm³/mol. The SMILES string of the molecule is O=C1/C(=C/C=C/c2cccc([N+](=O)[O-])c2)SC(=S)N1c1ccccc1. The van der Waals surface area contributed by atoms with Crippen molar-refractivity contribution in [3.63, 3.8) is 0 Å². The van der Waals surface area contributed by atoms with Gasteiger partial charge in [0.25, 0.3) is 11.6 Å². The van der Waals surface area contributed by atoms with E-state index in [0.717, 1.165) is 5.69 Å². The highest BCUT2D eigenvalue weighted by Gasteiger charge is 2.32. The van der Waals surface area contributed by atoms with E-state index in [1.54, 1.807) is 30.4 Å². The number of rotatable bonds is 4. The standard InChI is InChI=1S/C18H12N2O3S2/c21-17-16(25-18(24)19(17)14-8-2-1-3-9-14)11-5-7-13-6-4-10-15(12-13)20(22)23/h1-12H/b7-5+,16-11-. The Balaban J connectivity index is 1.79. The van der Waals surface area contributed by atoms with Gasteiger partial charge >= 0.3 is 0 Å². The van der Waals surface area contributed by atoms with Crippen LogP contribution in [0, 0.1) is 10.1 Å². The number of thioether (sulfide) groups is 1. The summed E-state index contributed by atoms with van der Waals surface area (Å²) in [7, 11) is 0. The zero-order valence-electron chi connectivity index (χ0n) is 12.9. The topological polar surface area (TPSA) is 63.4 Å². The maximum atomic E-state index is 12.5. The van der Waals surface area contributed by atoms with Crippen molar-refractivity contribution in [2.24, 2.45) is 0 Å². The van der Waals surface area contributed by atoms with Crippen LogP contribution < -0.4 is 4.90 Å². The summed E-state index contributed by atoms with van der Waals surface area (Å²) in [6, 6.07) is 15.5. The van der Waals surface area contributed by atoms with Crippen molar-refractivity contribution in [1.82, 2.24) is 0 Å². The molecule has 2 aromatic rings. The van der Waals surface area contributed by atoms with E-state index in [1.165, 1.54) is 28.8 Å². The van der Waals surface area contributed by atoms with Crippen LogP contribution in [0.15, 0.2) is 71.7 Å². The molecular weight excluding hydrogens is 356 g/mol. The van der Waals surface area contributed by atoms with Crippen LogP contribution in [0.3, 0.4) is 0 Å². The Morgan fingerprint density at radius 2 is 1.88 bits per heavy atom. The van der Waals surface area contributed by atoms with Gasteiger partial charge in [-0.1, -0.05) is 66.5 Å². The van der Waals surface area contributed by atoms with E-state index in [0.29, 0.717) is 14.8 Å². The van der Waals surface area contributed by atoms with E-state index in [9.17, 15) is 14.9 Å². The van der Waals surface area contributed by atoms with Crippen LogP contribution in [0.4, 0.5) is 11.4 Å². The van der Waals surface area contributed by atoms with Crippen LogP contribution in [0.5, 0.6) is 0 Å². The first kappa shape index (κ1) is 17.1. The van der Waals surface area contributed by atoms with Crippen LogP contribution >= 0.6 is 24.0 Å². The fourth-order valence-electron chi connectivity index (χ4n) is 2.27. The van der Waals surface area contributed by atoms with Gasteiger partial charge in [0, 0.05) is 12.1 Å². The average molecular weight is 368 g/mol. The summed E-state index contributed by atoms with van der Waals surface area (Å²) in [6.45, 7) is 0. The molecule has 3 rings (SSSR count). The molecule has 1 heterocycles. The number of benzene rings is 2. The molecule has 25 heavy (non-hydrogen) atoms. The lowest BCUT2D eigenvalue weighted by Crippen LogP contribution is -2.27. The zero-order valence-corrected chi connectivity index (χ0v) is 14.5. The second-order valence-electron chi connectivity index (χ2n) is 5.09. The van der Waals surface area contributed by atoms with Gasteiger partial charge in [-0.2, -0.15) is 0 Å². The van der Waals surface area contributed by atoms with Crippen molar-refractivity contribution in [1.29, 1.82) is 0 Å². The van der Waals surface area contributed by atoms with Crippen molar-refractivity contribution in [3.8, 4) is 0 Å². The molecule has 124 valence electrons. The van der Waals surface area contributed by atoms with Gasteiger partial charge in [-0.15, -0.1) is 0 Å². The number of anilines is 1. The number of nitrogens with zero attached hydrogens (tertiary/aromatic N) is 2. The van der Waals surface area contributed by atoms with E-state index >= 15 is 0 Å². The molecule has 0 atom stereocenters. The summed E-state index contributed by atoms with van der Waals surface area (Å²) in [6.07, 6.45) is 5.07. The Bertz CT molecular complexity index is 908. The molecule has 0 aliphatic carbocycles. The third-order valence-electron chi connectivity index (χ3n) is 3.43. The van der Waals surface area contributed by atoms with Crippen molar-refractivity contribution in [2.45, 2.75) is 0 Å². The van der Waals surface area contributed by atoms with E-state index in [-0.39, 0.29) is 11.6 Å². The number of nitro benzene ring substituents is 1. The molecule has 0 saturated carbocycles. The number of carbonyl (C=O) groups excluding carboxylic acids is 1. The summed E-state index contributed by atoms with van der Waals surface area (Å²) in [5.41, 5.74) is 1.44. The summed E-state index contributed by atoms with van der Waals surface area (Å²) in [5.74, 6) is -0.176. The second-order valence-corrected chi connectivity index (χ2v) is 6.76. The highest BCUT2D eigenvalue weighted by atomic mass is 32.2. The maximum absolute atomic E-state index is 12.5. The Labute approximate surface area is 153 Å². The van der Waals surface area contributed by atoms with Gasteiger partial charge < -0.3 is 0 Å². The minimum absolute atomic E-state index is 0.0255. The van der Waals surface area contributed by atoms with Crippen molar-refractivity contribution in [3.05, 3.63) is 87.3 Å². The summed E-state index contributed by atoms with van der Waals surface area (Å²) < 4.78 is 0.478. The minimum atomic E-state index is -0.442. The van der Waals surface area contributed by atoms with Crippen molar-refractivity contribution in [2.75, 3.05) is 4.90 Å². The molecule has 7 heteroatoms. The Kier molecular flexibility index (Phi) is 5.06. The fourth-order valence-corrected chi connectivity index (χ4v) is 3.52. The molecule has 0 spiro atoms. The quantitative estimate of drug-likeness (QED) is 0.343. The van der Waals surface area contributed by atoms with Gasteiger partial charge in [0.1, 0.15) is 0 Å². The molecule has 1 saturated heterocycles. The highest BCUT2D eigenvalue weighted by Crippen LogP contribution is 2.34. The van der Waals surface area contributed by atoms with Gasteiger partial charge in [-0.25, -0.2) is 0 Å². The Morgan fingerprint density at radius 3 is 2.60 bits per heavy atom. The molecule has 0 aromatic heterocycles. The molecule has 1 aliphatic rings. The molecule has 1 aliphatic heterocycles. The van der Waals surface area contributed by atoms with Crippen LogP contribution in [-0.4, -0.2) is 15.2 Å². The lowest BCUT2D eigenvalue weighted by atomic mass is 10.2. The number of non-ortho nitro benzene ring substituents is 1. The largest absolute Gasteiger partial charge is 0.270 e. The number of allylic oxidation sites excluding steroid dienone is 2. The molecule has 0 unspecified atom stereocenters. The number of para-hydroxylation sites is 1. The van der Waals surface area contributed by atoms with Crippen LogP contribution in [0.25, 0.3) is 6.08 Å². The number of amides is 1. The smallest absolute Gasteiger partial charge is 0.268 e. The molecule has 5 nitrogen and oxygen atoms in total. The van der Waals surface area contributed by atoms with Crippen molar-refractivity contribution >= 4 is 51.7 Å². The molecule has 0 bridgehead atoms. The average Bonchev–Trinajstić information content (AvgIpc) is 2.90. The Morgan fingerprint density at radius 1 is 1.12 bits per heavy atom. The number of hydrogen-bond donors (Lipinski definition) is 0. The first-order valence-corrected chi connectivity index (χ1v) is 8.53. The van der Waals surface area contributed by atoms with Gasteiger partial charge in [0.15, 0.2) is 4.32 Å². The number of hydrogen-bond acceptors (Lipinski definition) is 5. The monoisotopic (exact) mass is 368 g/mol. The van der Waals surface area contributed by atoms with E-state index < -0.39 is 4.92 Å². The zero-order chi connectivity index (χ0) is 17.8. The van der Waals surface area contributed by atoms with Gasteiger partial charge in [0.05, 0.1) is 15.5 Å². The summed E-state index contributed by atoms with van der Waals surface area (Å²) >= 11 is 6.52. The lowest BCUT2D eigenvalue weighted by molar-refractivity contribution is -0.384. The molecule has 0 radical (unpaired) electrons. The fraction of sp³-hybridized carbons (Fsp3) is 0. The molecule has 1 fully saturated rings. The predicted octanol–water partition coefficient (Wildman–Crippen LogP) is 4.56. The summed E-state index contributed by atoms with van der Waals surface area (Å²) in [4.78, 5) is 24.9. The van der Waals surface area contributed by atoms with E-state index in [4.69, 9.17) is 12.2 Å². The summed E-state index contributed by atoms with van der Waals surface area (Å²) in [5, 5.41) is 10.8. The van der Waals surface area contributed by atoms with Crippen molar-refractivity contribution < 1.29 is 9.72 Å². The van der Waals surface area contributed by atoms with Gasteiger partial charge in [-0.3, -0.25) is 19.8 Å². The number of nitro groups is 1. The van der Waals surface area contributed by atoms with Gasteiger partial charge in [-0.05, 0) is 23.8 Å². The Hall–Kier alpha value is -2.77. The highest BCUT2D eigenvalue weighted by molar-refractivity contribution is 8.27. The molecular formula is C18H12N2O3S2. The molecule has 0 N–H and O–H groups in total. The third-order valence-corrected chi connectivity index (χ3v) is 4.75. The number of thiocarbonyl (C=S) groups is 1. The first-order chi connectivity index (χ1) is 12.1. The minimum Gasteiger partial charge on any atom is -0.268 e. The molecule has 1 amide bonds. The molecule has 2 aromatic carbocycles. The van der Waals surface area contributed by atoms with Crippen LogP contribution in [0.1, 0.15) is 5.56 Å². The van der Waals surface area contributed by atoms with Gasteiger partial charge in [0.2, 0.25) is 0 Å². The van der Waals surface area contributed by atoms with Crippen LogP contribution in [0.2, 0.25) is 0 Å². The normalized spacial score (nSPS) is 16.2. The maximum Gasteiger partial charge on any atom is 0.270 e. The second kappa shape index (κ2) is 7.42. The number of carbonyl (C=O) groups is 1. The first-order valence-electron chi connectivity index (χ1n) is 7.30. The van der Waals surface area contributed by atoms with E-state index in [2.05, 4.69) is 0 Å². The third kappa shape index (κ3) is 3.84.